The Morgan fingerprint density at radius 3 is 2.63 bits per heavy atom. The molecule has 0 saturated heterocycles. The van der Waals surface area contributed by atoms with Crippen LogP contribution in [0.4, 0.5) is 0 Å². The Labute approximate surface area is 127 Å². The molecule has 2 rings (SSSR count). The van der Waals surface area contributed by atoms with Gasteiger partial charge in [-0.1, -0.05) is 65.8 Å². The summed E-state index contributed by atoms with van der Waals surface area (Å²) in [7, 11) is 0. The molecule has 3 heteroatoms. The van der Waals surface area contributed by atoms with Gasteiger partial charge in [0.05, 0.1) is 0 Å². The van der Waals surface area contributed by atoms with Crippen LogP contribution in [0.3, 0.4) is 0 Å². The summed E-state index contributed by atoms with van der Waals surface area (Å²) < 4.78 is 1.12. The lowest BCUT2D eigenvalue weighted by atomic mass is 10.2. The Balaban J connectivity index is 2.15. The predicted molar refractivity (Wildman–Crippen MR) is 86.7 cm³/mol. The average molecular weight is 336 g/mol. The van der Waals surface area contributed by atoms with Crippen LogP contribution in [-0.4, -0.2) is 6.04 Å². The Morgan fingerprint density at radius 1 is 1.11 bits per heavy atom. The van der Waals surface area contributed by atoms with Crippen molar-refractivity contribution in [2.45, 2.75) is 36.2 Å². The van der Waals surface area contributed by atoms with Crippen LogP contribution in [0, 0.1) is 0 Å². The molecule has 2 aromatic carbocycles. The standard InChI is InChI=1S/C16H18BrNS/c1-12(2)18-11-13-6-3-4-9-16(13)19-15-8-5-7-14(17)10-15/h3-10,12,18H,11H2,1-2H3. The molecule has 0 heterocycles. The van der Waals surface area contributed by atoms with Crippen molar-refractivity contribution in [2.24, 2.45) is 0 Å². The highest BCUT2D eigenvalue weighted by Crippen LogP contribution is 2.31. The summed E-state index contributed by atoms with van der Waals surface area (Å²) in [4.78, 5) is 2.57. The van der Waals surface area contributed by atoms with Gasteiger partial charge in [0.2, 0.25) is 0 Å². The number of nitrogens with one attached hydrogen (secondary N) is 1. The van der Waals surface area contributed by atoms with Gasteiger partial charge in [-0.15, -0.1) is 0 Å². The number of hydrogen-bond acceptors (Lipinski definition) is 2. The normalized spacial score (nSPS) is 10.9. The van der Waals surface area contributed by atoms with E-state index < -0.39 is 0 Å². The van der Waals surface area contributed by atoms with Gasteiger partial charge in [0.1, 0.15) is 0 Å². The minimum absolute atomic E-state index is 0.504. The SMILES string of the molecule is CC(C)NCc1ccccc1Sc1cccc(Br)c1. The maximum Gasteiger partial charge on any atom is 0.0219 e. The Kier molecular flexibility index (Phi) is 5.49. The lowest BCUT2D eigenvalue weighted by Gasteiger charge is -2.12. The van der Waals surface area contributed by atoms with E-state index >= 15 is 0 Å². The number of hydrogen-bond donors (Lipinski definition) is 1. The molecule has 0 aliphatic rings. The van der Waals surface area contributed by atoms with Crippen molar-refractivity contribution < 1.29 is 0 Å². The summed E-state index contributed by atoms with van der Waals surface area (Å²) in [5.74, 6) is 0. The molecule has 0 atom stereocenters. The molecule has 1 N–H and O–H groups in total. The van der Waals surface area contributed by atoms with Crippen molar-refractivity contribution in [3.05, 3.63) is 58.6 Å². The van der Waals surface area contributed by atoms with Crippen LogP contribution in [0.15, 0.2) is 62.8 Å². The lowest BCUT2D eigenvalue weighted by molar-refractivity contribution is 0.585. The zero-order chi connectivity index (χ0) is 13.7. The van der Waals surface area contributed by atoms with E-state index in [1.807, 2.05) is 11.8 Å². The molecule has 0 spiro atoms. The zero-order valence-electron chi connectivity index (χ0n) is 11.2. The van der Waals surface area contributed by atoms with Crippen molar-refractivity contribution in [1.82, 2.24) is 5.32 Å². The van der Waals surface area contributed by atoms with Gasteiger partial charge in [0.25, 0.3) is 0 Å². The van der Waals surface area contributed by atoms with Gasteiger partial charge in [0.15, 0.2) is 0 Å². The smallest absolute Gasteiger partial charge is 0.0219 e. The number of benzene rings is 2. The van der Waals surface area contributed by atoms with Gasteiger partial charge in [0, 0.05) is 26.9 Å². The maximum absolute atomic E-state index is 3.52. The van der Waals surface area contributed by atoms with Crippen LogP contribution in [0.2, 0.25) is 0 Å². The average Bonchev–Trinajstić information content (AvgIpc) is 2.38. The molecular formula is C16H18BrNS. The molecule has 0 bridgehead atoms. The third kappa shape index (κ3) is 4.68. The Morgan fingerprint density at radius 2 is 1.89 bits per heavy atom. The number of halogens is 1. The molecule has 0 aliphatic carbocycles. The summed E-state index contributed by atoms with van der Waals surface area (Å²) >= 11 is 5.33. The first-order valence-electron chi connectivity index (χ1n) is 6.40. The van der Waals surface area contributed by atoms with Crippen molar-refractivity contribution in [2.75, 3.05) is 0 Å². The van der Waals surface area contributed by atoms with E-state index in [0.29, 0.717) is 6.04 Å². The molecule has 0 fully saturated rings. The lowest BCUT2D eigenvalue weighted by Crippen LogP contribution is -2.22. The first-order chi connectivity index (χ1) is 9.15. The van der Waals surface area contributed by atoms with E-state index in [0.717, 1.165) is 11.0 Å². The van der Waals surface area contributed by atoms with E-state index in [4.69, 9.17) is 0 Å². The second-order valence-corrected chi connectivity index (χ2v) is 6.73. The molecule has 0 aromatic heterocycles. The first kappa shape index (κ1) is 14.6. The fourth-order valence-electron chi connectivity index (χ4n) is 1.72. The van der Waals surface area contributed by atoms with Gasteiger partial charge < -0.3 is 5.32 Å². The molecule has 0 radical (unpaired) electrons. The summed E-state index contributed by atoms with van der Waals surface area (Å²) in [6, 6.07) is 17.5. The third-order valence-corrected chi connectivity index (χ3v) is 4.30. The summed E-state index contributed by atoms with van der Waals surface area (Å²) in [5.41, 5.74) is 1.35. The van der Waals surface area contributed by atoms with Crippen molar-refractivity contribution in [3.63, 3.8) is 0 Å². The predicted octanol–water partition coefficient (Wildman–Crippen LogP) is 5.10. The monoisotopic (exact) mass is 335 g/mol. The minimum atomic E-state index is 0.504. The molecule has 0 unspecified atom stereocenters. The Bertz CT molecular complexity index is 540. The van der Waals surface area contributed by atoms with Gasteiger partial charge in [-0.25, -0.2) is 0 Å². The van der Waals surface area contributed by atoms with E-state index in [1.54, 1.807) is 0 Å². The van der Waals surface area contributed by atoms with E-state index in [1.165, 1.54) is 15.4 Å². The van der Waals surface area contributed by atoms with E-state index in [9.17, 15) is 0 Å². The van der Waals surface area contributed by atoms with Gasteiger partial charge in [-0.2, -0.15) is 0 Å². The molecule has 19 heavy (non-hydrogen) atoms. The quantitative estimate of drug-likeness (QED) is 0.815. The fourth-order valence-corrected chi connectivity index (χ4v) is 3.28. The Hall–Kier alpha value is -0.770. The van der Waals surface area contributed by atoms with Crippen molar-refractivity contribution >= 4 is 27.7 Å². The van der Waals surface area contributed by atoms with E-state index in [2.05, 4.69) is 83.6 Å². The summed E-state index contributed by atoms with van der Waals surface area (Å²) in [6.07, 6.45) is 0. The van der Waals surface area contributed by atoms with Crippen molar-refractivity contribution in [1.29, 1.82) is 0 Å². The topological polar surface area (TPSA) is 12.0 Å². The highest BCUT2D eigenvalue weighted by atomic mass is 79.9. The molecule has 2 aromatic rings. The zero-order valence-corrected chi connectivity index (χ0v) is 13.6. The second kappa shape index (κ2) is 7.13. The molecule has 0 amide bonds. The van der Waals surface area contributed by atoms with Gasteiger partial charge in [-0.3, -0.25) is 0 Å². The fraction of sp³-hybridized carbons (Fsp3) is 0.250. The summed E-state index contributed by atoms with van der Waals surface area (Å²) in [6.45, 7) is 5.25. The number of rotatable bonds is 5. The van der Waals surface area contributed by atoms with Crippen LogP contribution in [0.5, 0.6) is 0 Å². The molecule has 0 saturated carbocycles. The van der Waals surface area contributed by atoms with E-state index in [-0.39, 0.29) is 0 Å². The highest BCUT2D eigenvalue weighted by Gasteiger charge is 2.04. The van der Waals surface area contributed by atoms with Gasteiger partial charge in [-0.05, 0) is 29.8 Å². The minimum Gasteiger partial charge on any atom is -0.310 e. The molecule has 0 aliphatic heterocycles. The first-order valence-corrected chi connectivity index (χ1v) is 8.01. The molecule has 1 nitrogen and oxygen atoms in total. The summed E-state index contributed by atoms with van der Waals surface area (Å²) in [5, 5.41) is 3.48. The van der Waals surface area contributed by atoms with Crippen LogP contribution in [0.25, 0.3) is 0 Å². The molecule has 100 valence electrons. The molecular weight excluding hydrogens is 318 g/mol. The maximum atomic E-state index is 3.52. The van der Waals surface area contributed by atoms with Crippen LogP contribution in [0.1, 0.15) is 19.4 Å². The van der Waals surface area contributed by atoms with Crippen LogP contribution in [-0.2, 0) is 6.54 Å². The van der Waals surface area contributed by atoms with Gasteiger partial charge >= 0.3 is 0 Å². The highest BCUT2D eigenvalue weighted by molar-refractivity contribution is 9.10. The third-order valence-electron chi connectivity index (χ3n) is 2.70. The van der Waals surface area contributed by atoms with Crippen LogP contribution < -0.4 is 5.32 Å². The largest absolute Gasteiger partial charge is 0.310 e. The second-order valence-electron chi connectivity index (χ2n) is 4.70. The van der Waals surface area contributed by atoms with Crippen molar-refractivity contribution in [3.8, 4) is 0 Å². The van der Waals surface area contributed by atoms with Crippen LogP contribution >= 0.6 is 27.7 Å².